The van der Waals surface area contributed by atoms with Crippen molar-refractivity contribution in [3.05, 3.63) is 47.3 Å². The minimum atomic E-state index is -0.618. The van der Waals surface area contributed by atoms with Gasteiger partial charge in [-0.15, -0.1) is 11.3 Å². The molecule has 0 radical (unpaired) electrons. The molecule has 1 atom stereocenters. The largest absolute Gasteiger partial charge is 0.344 e. The van der Waals surface area contributed by atoms with Crippen molar-refractivity contribution < 1.29 is 14.4 Å². The molecule has 1 unspecified atom stereocenters. The average molecular weight is 328 g/mol. The van der Waals surface area contributed by atoms with Gasteiger partial charge in [0.2, 0.25) is 17.7 Å². The molecule has 0 aliphatic carbocycles. The Bertz CT molecular complexity index is 739. The van der Waals surface area contributed by atoms with Crippen molar-refractivity contribution in [2.45, 2.75) is 25.3 Å². The maximum Gasteiger partial charge on any atom is 0.249 e. The fourth-order valence-corrected chi connectivity index (χ4v) is 3.41. The Kier molecular flexibility index (Phi) is 4.52. The number of benzene rings is 1. The molecule has 3 amide bonds. The Labute approximate surface area is 137 Å². The van der Waals surface area contributed by atoms with Crippen molar-refractivity contribution in [1.29, 1.82) is 0 Å². The lowest BCUT2D eigenvalue weighted by Gasteiger charge is -2.21. The van der Waals surface area contributed by atoms with Gasteiger partial charge in [0.15, 0.2) is 0 Å². The van der Waals surface area contributed by atoms with E-state index >= 15 is 0 Å². The quantitative estimate of drug-likeness (QED) is 0.842. The van der Waals surface area contributed by atoms with Crippen LogP contribution in [-0.2, 0) is 20.8 Å². The van der Waals surface area contributed by atoms with Crippen LogP contribution in [0.5, 0.6) is 0 Å². The summed E-state index contributed by atoms with van der Waals surface area (Å²) in [5.74, 6) is -0.923. The molecular weight excluding hydrogens is 312 g/mol. The number of imide groups is 1. The number of carbonyl (C=O) groups is 3. The summed E-state index contributed by atoms with van der Waals surface area (Å²) in [6.07, 6.45) is 0.837. The number of nitrogens with one attached hydrogen (secondary N) is 2. The Balaban J connectivity index is 1.59. The van der Waals surface area contributed by atoms with Gasteiger partial charge in [0, 0.05) is 11.3 Å². The zero-order chi connectivity index (χ0) is 16.2. The first-order valence-corrected chi connectivity index (χ1v) is 8.25. The first kappa shape index (κ1) is 15.4. The van der Waals surface area contributed by atoms with Crippen molar-refractivity contribution in [1.82, 2.24) is 10.6 Å². The highest BCUT2D eigenvalue weighted by Gasteiger charge is 2.27. The third kappa shape index (κ3) is 3.84. The molecule has 118 valence electrons. The van der Waals surface area contributed by atoms with E-state index in [1.807, 2.05) is 41.8 Å². The number of hydrogen-bond donors (Lipinski definition) is 2. The van der Waals surface area contributed by atoms with Gasteiger partial charge in [-0.3, -0.25) is 19.7 Å². The fourth-order valence-electron chi connectivity index (χ4n) is 2.48. The van der Waals surface area contributed by atoms with Gasteiger partial charge in [-0.05, 0) is 29.0 Å². The summed E-state index contributed by atoms with van der Waals surface area (Å²) in [4.78, 5) is 35.9. The summed E-state index contributed by atoms with van der Waals surface area (Å²) in [6.45, 7) is 0. The number of rotatable bonds is 4. The summed E-state index contributed by atoms with van der Waals surface area (Å²) in [6, 6.07) is 11.3. The number of carbonyl (C=O) groups excluding carboxylic acids is 3. The van der Waals surface area contributed by atoms with E-state index in [0.29, 0.717) is 6.42 Å². The molecular formula is C17H16N2O3S. The highest BCUT2D eigenvalue weighted by molar-refractivity contribution is 7.13. The highest BCUT2D eigenvalue weighted by Crippen LogP contribution is 2.27. The van der Waals surface area contributed by atoms with Gasteiger partial charge in [-0.2, -0.15) is 0 Å². The zero-order valence-corrected chi connectivity index (χ0v) is 13.2. The van der Waals surface area contributed by atoms with Crippen LogP contribution in [0.1, 0.15) is 18.4 Å². The highest BCUT2D eigenvalue weighted by atomic mass is 32.1. The molecule has 1 aromatic carbocycles. The molecule has 1 aliphatic rings. The average Bonchev–Trinajstić information content (AvgIpc) is 2.99. The van der Waals surface area contributed by atoms with E-state index in [1.54, 1.807) is 11.3 Å². The van der Waals surface area contributed by atoms with Crippen LogP contribution in [0, 0.1) is 0 Å². The van der Waals surface area contributed by atoms with Crippen molar-refractivity contribution in [3.8, 4) is 10.4 Å². The van der Waals surface area contributed by atoms with Gasteiger partial charge < -0.3 is 5.32 Å². The summed E-state index contributed by atoms with van der Waals surface area (Å²) in [7, 11) is 0. The molecule has 1 aliphatic heterocycles. The molecule has 0 spiro atoms. The van der Waals surface area contributed by atoms with Crippen LogP contribution in [0.25, 0.3) is 10.4 Å². The molecule has 1 aromatic heterocycles. The summed E-state index contributed by atoms with van der Waals surface area (Å²) < 4.78 is 0. The second kappa shape index (κ2) is 6.75. The first-order valence-electron chi connectivity index (χ1n) is 7.38. The third-order valence-corrected chi connectivity index (χ3v) is 4.68. The van der Waals surface area contributed by atoms with Crippen LogP contribution in [0.2, 0.25) is 0 Å². The topological polar surface area (TPSA) is 75.3 Å². The van der Waals surface area contributed by atoms with E-state index in [0.717, 1.165) is 16.0 Å². The number of hydrogen-bond acceptors (Lipinski definition) is 4. The van der Waals surface area contributed by atoms with E-state index in [-0.39, 0.29) is 24.7 Å². The zero-order valence-electron chi connectivity index (χ0n) is 12.4. The lowest BCUT2D eigenvalue weighted by Crippen LogP contribution is -2.52. The predicted octanol–water partition coefficient (Wildman–Crippen LogP) is 1.88. The number of amides is 3. The van der Waals surface area contributed by atoms with Gasteiger partial charge in [0.05, 0.1) is 6.42 Å². The molecule has 2 N–H and O–H groups in total. The van der Waals surface area contributed by atoms with Gasteiger partial charge in [0.25, 0.3) is 0 Å². The van der Waals surface area contributed by atoms with Crippen LogP contribution in [0.4, 0.5) is 0 Å². The molecule has 0 bridgehead atoms. The number of piperidine rings is 1. The Morgan fingerprint density at radius 1 is 1.26 bits per heavy atom. The van der Waals surface area contributed by atoms with E-state index in [1.165, 1.54) is 0 Å². The van der Waals surface area contributed by atoms with Crippen LogP contribution in [0.15, 0.2) is 41.8 Å². The lowest BCUT2D eigenvalue weighted by atomic mass is 10.1. The second-order valence-corrected chi connectivity index (χ2v) is 6.34. The predicted molar refractivity (Wildman–Crippen MR) is 87.8 cm³/mol. The van der Waals surface area contributed by atoms with Crippen molar-refractivity contribution >= 4 is 29.1 Å². The molecule has 0 saturated carbocycles. The molecule has 1 saturated heterocycles. The van der Waals surface area contributed by atoms with Crippen LogP contribution in [-0.4, -0.2) is 23.8 Å². The van der Waals surface area contributed by atoms with Gasteiger partial charge in [0.1, 0.15) is 6.04 Å². The summed E-state index contributed by atoms with van der Waals surface area (Å²) >= 11 is 1.59. The smallest absolute Gasteiger partial charge is 0.249 e. The molecule has 2 heterocycles. The standard InChI is InChI=1S/C17H16N2O3S/c20-15-7-6-13(17(22)19-15)18-16(21)9-11-8-14(23-10-11)12-4-2-1-3-5-12/h1-5,8,10,13H,6-7,9H2,(H,18,21)(H,19,20,22). The Hall–Kier alpha value is -2.47. The van der Waals surface area contributed by atoms with Gasteiger partial charge >= 0.3 is 0 Å². The van der Waals surface area contributed by atoms with Gasteiger partial charge in [-0.25, -0.2) is 0 Å². The maximum atomic E-state index is 12.1. The first-order chi connectivity index (χ1) is 11.1. The SMILES string of the molecule is O=C1CCC(NC(=O)Cc2csc(-c3ccccc3)c2)C(=O)N1. The van der Waals surface area contributed by atoms with Gasteiger partial charge in [-0.1, -0.05) is 30.3 Å². The summed E-state index contributed by atoms with van der Waals surface area (Å²) in [5, 5.41) is 6.87. The van der Waals surface area contributed by atoms with E-state index in [2.05, 4.69) is 10.6 Å². The number of thiophene rings is 1. The second-order valence-electron chi connectivity index (χ2n) is 5.43. The minimum Gasteiger partial charge on any atom is -0.344 e. The molecule has 23 heavy (non-hydrogen) atoms. The molecule has 6 heteroatoms. The van der Waals surface area contributed by atoms with E-state index in [9.17, 15) is 14.4 Å². The van der Waals surface area contributed by atoms with Crippen molar-refractivity contribution in [2.24, 2.45) is 0 Å². The van der Waals surface area contributed by atoms with Crippen molar-refractivity contribution in [3.63, 3.8) is 0 Å². The normalized spacial score (nSPS) is 17.7. The molecule has 5 nitrogen and oxygen atoms in total. The van der Waals surface area contributed by atoms with Crippen LogP contribution < -0.4 is 10.6 Å². The molecule has 2 aromatic rings. The maximum absolute atomic E-state index is 12.1. The minimum absolute atomic E-state index is 0.211. The van der Waals surface area contributed by atoms with Crippen molar-refractivity contribution in [2.75, 3.05) is 0 Å². The van der Waals surface area contributed by atoms with Crippen LogP contribution in [0.3, 0.4) is 0 Å². The molecule has 3 rings (SSSR count). The van der Waals surface area contributed by atoms with E-state index < -0.39 is 11.9 Å². The lowest BCUT2D eigenvalue weighted by molar-refractivity contribution is -0.137. The monoisotopic (exact) mass is 328 g/mol. The third-order valence-electron chi connectivity index (χ3n) is 3.65. The van der Waals surface area contributed by atoms with Crippen LogP contribution >= 0.6 is 11.3 Å². The Morgan fingerprint density at radius 3 is 2.78 bits per heavy atom. The van der Waals surface area contributed by atoms with E-state index in [4.69, 9.17) is 0 Å². The Morgan fingerprint density at radius 2 is 2.04 bits per heavy atom. The fraction of sp³-hybridized carbons (Fsp3) is 0.235. The molecule has 1 fully saturated rings. The summed E-state index contributed by atoms with van der Waals surface area (Å²) in [5.41, 5.74) is 2.04.